The number of allylic oxidation sites excluding steroid dienone is 1. The third-order valence-corrected chi connectivity index (χ3v) is 23.2. The molecule has 0 unspecified atom stereocenters. The van der Waals surface area contributed by atoms with Gasteiger partial charge in [-0.1, -0.05) is 162 Å². The Morgan fingerprint density at radius 2 is 0.847 bits per heavy atom. The number of alkyl halides is 3. The second kappa shape index (κ2) is 46.9. The first-order valence-electron chi connectivity index (χ1n) is 39.2. The van der Waals surface area contributed by atoms with E-state index < -0.39 is 11.2 Å². The predicted molar refractivity (Wildman–Crippen MR) is 532 cm³/mol. The summed E-state index contributed by atoms with van der Waals surface area (Å²) >= 11 is 23.6. The molecule has 0 aliphatic carbocycles. The van der Waals surface area contributed by atoms with Crippen LogP contribution in [0.25, 0.3) is 120 Å². The summed E-state index contributed by atoms with van der Waals surface area (Å²) in [6, 6.07) is 31.8. The fraction of sp³-hybridized carbons (Fsp3) is 0.310. The highest BCUT2D eigenvalue weighted by Crippen LogP contribution is 2.35. The number of rotatable bonds is 18. The summed E-state index contributed by atoms with van der Waals surface area (Å²) in [5, 5.41) is 73.1. The molecule has 0 saturated heterocycles. The second-order valence-electron chi connectivity index (χ2n) is 28.6. The quantitative estimate of drug-likeness (QED) is 0.0164. The molecule has 11 heterocycles. The van der Waals surface area contributed by atoms with Crippen LogP contribution in [0.4, 0.5) is 29.1 Å². The molecule has 0 aliphatic heterocycles. The lowest BCUT2D eigenvalue weighted by Crippen LogP contribution is -2.44. The molecule has 2 radical (unpaired) electrons. The molecule has 40 heteroatoms. The number of likely N-dealkylation sites (N-methyl/N-ethyl adjacent to an activating group) is 3. The topological polar surface area (TPSA) is 492 Å². The van der Waals surface area contributed by atoms with Crippen molar-refractivity contribution in [2.75, 3.05) is 90.5 Å². The molecule has 5 aromatic carbocycles. The number of H-pyrrole nitrogens is 2. The molecular weight excluding hydrogens is 2040 g/mol. The van der Waals surface area contributed by atoms with Crippen LogP contribution < -0.4 is 45.5 Å². The first kappa shape index (κ1) is 99.5. The van der Waals surface area contributed by atoms with E-state index >= 15 is 0 Å². The summed E-state index contributed by atoms with van der Waals surface area (Å²) in [5.74, 6) is 2.39. The number of nitrogen functional groups attached to an aromatic ring is 5. The monoisotopic (exact) mass is 2130 g/mol. The van der Waals surface area contributed by atoms with Crippen molar-refractivity contribution < 1.29 is 19.8 Å². The fourth-order valence-corrected chi connectivity index (χ4v) is 13.9. The minimum atomic E-state index is -1.01. The van der Waals surface area contributed by atoms with Gasteiger partial charge in [-0.15, -0.1) is 0 Å². The Bertz CT molecular complexity index is 6310. The van der Waals surface area contributed by atoms with Crippen molar-refractivity contribution in [1.29, 1.82) is 5.41 Å². The summed E-state index contributed by atoms with van der Waals surface area (Å²) in [6.07, 6.45) is 14.0. The summed E-state index contributed by atoms with van der Waals surface area (Å²) in [5.41, 5.74) is 47.6. The van der Waals surface area contributed by atoms with Crippen LogP contribution in [0.1, 0.15) is 69.2 Å². The van der Waals surface area contributed by atoms with Crippen molar-refractivity contribution in [1.82, 2.24) is 99.6 Å². The number of aromatic nitrogens is 17. The maximum atomic E-state index is 11.6. The molecule has 20 N–H and O–H groups in total. The predicted octanol–water partition coefficient (Wildman–Crippen LogP) is 15.4. The number of hydrogen-bond acceptors (Lipinski definition) is 24. The van der Waals surface area contributed by atoms with Gasteiger partial charge in [0.25, 0.3) is 0 Å². The maximum absolute atomic E-state index is 11.6. The van der Waals surface area contributed by atoms with E-state index in [0.29, 0.717) is 79.4 Å². The van der Waals surface area contributed by atoms with Crippen molar-refractivity contribution >= 4 is 275 Å². The molecular formula is C84H102BBr7N28O4. The number of aromatic amines is 2. The fourth-order valence-electron chi connectivity index (χ4n) is 12.1. The van der Waals surface area contributed by atoms with Crippen LogP contribution in [0.3, 0.4) is 0 Å². The van der Waals surface area contributed by atoms with Crippen molar-refractivity contribution in [2.45, 2.75) is 107 Å². The van der Waals surface area contributed by atoms with E-state index in [1.807, 2.05) is 161 Å². The lowest BCUT2D eigenvalue weighted by molar-refractivity contribution is -0.129. The normalized spacial score (nSPS) is 11.2. The molecule has 32 nitrogen and oxygen atoms in total. The van der Waals surface area contributed by atoms with Gasteiger partial charge in [0.15, 0.2) is 23.3 Å². The smallest absolute Gasteiger partial charge is 0.219 e. The number of carbonyl (C=O) groups is 2. The Hall–Kier alpha value is -9.88. The van der Waals surface area contributed by atoms with Crippen LogP contribution in [0.5, 0.6) is 0 Å². The Morgan fingerprint density at radius 3 is 1.15 bits per heavy atom. The number of amides is 2. The van der Waals surface area contributed by atoms with Crippen LogP contribution in [0.2, 0.25) is 0 Å². The number of benzene rings is 5. The molecule has 2 amide bonds. The molecule has 124 heavy (non-hydrogen) atoms. The third kappa shape index (κ3) is 26.8. The highest BCUT2D eigenvalue weighted by atomic mass is 79.9. The zero-order chi connectivity index (χ0) is 90.9. The molecule has 0 aliphatic rings. The van der Waals surface area contributed by atoms with E-state index in [4.69, 9.17) is 63.6 Å². The molecule has 0 spiro atoms. The number of hydrogen-bond donors (Lipinski definition) is 13. The van der Waals surface area contributed by atoms with E-state index in [9.17, 15) is 9.59 Å². The van der Waals surface area contributed by atoms with E-state index in [0.717, 1.165) is 176 Å². The minimum Gasteiger partial charge on any atom is -0.405 e. The highest BCUT2D eigenvalue weighted by molar-refractivity contribution is 9.12. The molecule has 0 atom stereocenters. The average Bonchev–Trinajstić information content (AvgIpc) is 1.59. The number of pyridine rings is 5. The van der Waals surface area contributed by atoms with E-state index in [1.54, 1.807) is 63.7 Å². The van der Waals surface area contributed by atoms with Gasteiger partial charge >= 0.3 is 0 Å². The first-order valence-corrected chi connectivity index (χ1v) is 45.7. The Balaban J connectivity index is 0.000000183. The summed E-state index contributed by atoms with van der Waals surface area (Å²) in [7, 11) is 4.82. The average molecular weight is 2140 g/mol. The molecule has 0 bridgehead atoms. The highest BCUT2D eigenvalue weighted by Gasteiger charge is 2.32. The van der Waals surface area contributed by atoms with Crippen LogP contribution in [-0.4, -0.2) is 203 Å². The largest absolute Gasteiger partial charge is 0.405 e. The zero-order valence-corrected chi connectivity index (χ0v) is 81.4. The number of carbonyl (C=O) groups excluding carboxylic acids is 2. The molecule has 11 aromatic heterocycles. The number of nitrogens with two attached hydrogens (primary N) is 7. The van der Waals surface area contributed by atoms with Crippen LogP contribution in [-0.2, 0) is 35.8 Å². The summed E-state index contributed by atoms with van der Waals surface area (Å²) in [4.78, 5) is 48.7. The van der Waals surface area contributed by atoms with Gasteiger partial charge in [0, 0.05) is 171 Å². The first-order chi connectivity index (χ1) is 59.0. The van der Waals surface area contributed by atoms with Crippen molar-refractivity contribution in [3.05, 3.63) is 164 Å². The van der Waals surface area contributed by atoms with Gasteiger partial charge in [0.1, 0.15) is 41.2 Å². The van der Waals surface area contributed by atoms with Gasteiger partial charge in [0.05, 0.1) is 76.9 Å². The third-order valence-electron chi connectivity index (χ3n) is 19.0. The Morgan fingerprint density at radius 1 is 0.500 bits per heavy atom. The number of anilines is 5. The van der Waals surface area contributed by atoms with Gasteiger partial charge in [-0.25, -0.2) is 24.9 Å². The second-order valence-corrected chi connectivity index (χ2v) is 34.6. The number of nitrogens with zero attached hydrogens (tertiary/aromatic N) is 17. The van der Waals surface area contributed by atoms with Gasteiger partial charge in [0.2, 0.25) is 11.8 Å². The van der Waals surface area contributed by atoms with Crippen molar-refractivity contribution in [3.63, 3.8) is 0 Å². The lowest BCUT2D eigenvalue weighted by atomic mass is 9.90. The van der Waals surface area contributed by atoms with Crippen LogP contribution in [0.15, 0.2) is 164 Å². The minimum absolute atomic E-state index is 0.0162. The number of halogens is 7. The Kier molecular flexibility index (Phi) is 37.7. The lowest BCUT2D eigenvalue weighted by Gasteiger charge is -2.31. The van der Waals surface area contributed by atoms with Gasteiger partial charge in [-0.3, -0.25) is 38.5 Å². The standard InChI is InChI=1S/C19H21N7O.C16H18BrN5O.C14H16BrN5.C12H10Br2N4.C10H7BrN4.C6H14O2.C3H5BN2.C2H4Br2.C2H7N/c1-3-25(12(2)27)8-9-26-11-15-14-5-4-13(16-6-7-21-23-16)10-17(14)22-19(20)18(15)24-26;1-3-21(10(2)23)6-7-22-9-13-12-5-4-11(17)8-14(12)19-16(18)15(13)20-22;1-2-17-5-6-20-8-11-10-4-3-9(15)7-12(10)18-14(16)13(11)19-20;13-3-4-18-6-9-8-2-1-7(14)5-10(8)16-12(15)11(9)17-18;11-5-1-2-6-7-4-13-15-9(7)10(12)14-8(6)3-5;1-5(2,7)6(3,4)8;4-3(6)1-2-5;3-1-2-4;1-2-3/h4-7,10-11H,3,8-9H2,1-2H3,(H2,20,22)(H,21,23);4-5,8-9H,3,6-7H2,1-2H3,(H2,18,19);3-4,7-8,17H,2,5-6H2,1H3,(H2,16,18);1-2,5-6H,3-4H2,(H2,15,16);1-4H,(H2,12,14)(H,13,15);7-8H,1-4H3;1-2,6H,5H2;1-2H2;2-3H2,1H3/b;;;;;;2-1-,6-3?;;. The molecule has 654 valence electrons. The van der Waals surface area contributed by atoms with Crippen LogP contribution >= 0.6 is 112 Å². The molecule has 16 aromatic rings. The van der Waals surface area contributed by atoms with Gasteiger partial charge < -0.3 is 70.9 Å². The number of aliphatic hydroxyl groups is 2. The van der Waals surface area contributed by atoms with Crippen molar-refractivity contribution in [3.8, 4) is 11.3 Å². The SMILES string of the molecule is BrCCBr.CC(C)(O)C(C)(C)O.CCN.CCN(CCn1cc2c(n1)c(N)nc1cc(-c3ccn[nH]3)ccc12)C(C)=O.CCN(CCn1cc2c(n1)c(N)nc1cc(Br)ccc12)C(C)=O.CCNCCn1cc2c(n1)c(N)nc1cc(Br)ccc12.Nc1nc2cc(Br)ccc2c2cn(CCBr)nc12.Nc1nc2cc(Br)ccc2c2cn[nH]c12.[B]C(=N)/C=C\N. The zero-order valence-electron chi connectivity index (χ0n) is 70.3. The van der Waals surface area contributed by atoms with E-state index in [1.165, 1.54) is 12.3 Å². The number of aryl methyl sites for hydroxylation is 1. The van der Waals surface area contributed by atoms with Crippen LogP contribution in [0, 0.1) is 5.41 Å². The van der Waals surface area contributed by atoms with E-state index in [-0.39, 0.29) is 17.4 Å². The van der Waals surface area contributed by atoms with E-state index in [2.05, 4.69) is 189 Å². The number of fused-ring (bicyclic) bond motifs is 15. The van der Waals surface area contributed by atoms with Gasteiger partial charge in [-0.2, -0.15) is 30.6 Å². The number of nitrogens with one attached hydrogen (secondary N) is 4. The van der Waals surface area contributed by atoms with Crippen molar-refractivity contribution in [2.24, 2.45) is 11.5 Å². The molecule has 0 saturated carbocycles. The molecule has 0 fully saturated rings. The summed E-state index contributed by atoms with van der Waals surface area (Å²) in [6.45, 7) is 25.5. The van der Waals surface area contributed by atoms with Gasteiger partial charge in [-0.05, 0) is 133 Å². The Labute approximate surface area is 777 Å². The maximum Gasteiger partial charge on any atom is 0.219 e. The summed E-state index contributed by atoms with van der Waals surface area (Å²) < 4.78 is 11.4. The molecule has 16 rings (SSSR count).